The Morgan fingerprint density at radius 3 is 2.44 bits per heavy atom. The smallest absolute Gasteiger partial charge is 0.395 e. The van der Waals surface area contributed by atoms with Crippen LogP contribution < -0.4 is 16.2 Å². The summed E-state index contributed by atoms with van der Waals surface area (Å²) < 4.78 is 54.4. The number of anilines is 1. The lowest BCUT2D eigenvalue weighted by atomic mass is 10.0. The van der Waals surface area contributed by atoms with E-state index in [1.54, 1.807) is 24.3 Å². The number of urea groups is 1. The highest BCUT2D eigenvalue weighted by atomic mass is 19.4. The predicted molar refractivity (Wildman–Crippen MR) is 126 cm³/mol. The van der Waals surface area contributed by atoms with Gasteiger partial charge in [-0.1, -0.05) is 12.1 Å². The van der Waals surface area contributed by atoms with Crippen LogP contribution in [0.25, 0.3) is 22.2 Å². The second-order valence-corrected chi connectivity index (χ2v) is 7.80. The molecule has 0 unspecified atom stereocenters. The van der Waals surface area contributed by atoms with E-state index < -0.39 is 23.7 Å². The molecule has 0 fully saturated rings. The van der Waals surface area contributed by atoms with Gasteiger partial charge >= 0.3 is 12.2 Å². The van der Waals surface area contributed by atoms with E-state index in [0.29, 0.717) is 22.2 Å². The van der Waals surface area contributed by atoms with Crippen LogP contribution in [0, 0.1) is 5.82 Å². The number of aliphatic hydroxyl groups is 1. The summed E-state index contributed by atoms with van der Waals surface area (Å²) in [4.78, 5) is 28.5. The molecule has 186 valence electrons. The van der Waals surface area contributed by atoms with E-state index in [9.17, 15) is 32.3 Å². The molecule has 2 amide bonds. The number of nitrogens with one attached hydrogen (secondary N) is 2. The second-order valence-electron chi connectivity index (χ2n) is 7.80. The van der Waals surface area contributed by atoms with E-state index in [4.69, 9.17) is 0 Å². The number of fused-ring (bicyclic) bond motifs is 1. The molecule has 0 bridgehead atoms. The third-order valence-corrected chi connectivity index (χ3v) is 5.43. The first-order valence-electron chi connectivity index (χ1n) is 10.8. The van der Waals surface area contributed by atoms with E-state index in [0.717, 1.165) is 18.2 Å². The molecule has 36 heavy (non-hydrogen) atoms. The van der Waals surface area contributed by atoms with Crippen molar-refractivity contribution in [3.05, 3.63) is 94.2 Å². The van der Waals surface area contributed by atoms with Crippen molar-refractivity contribution < 1.29 is 27.5 Å². The molecule has 0 aliphatic heterocycles. The molecule has 0 aliphatic rings. The van der Waals surface area contributed by atoms with Crippen LogP contribution in [0.3, 0.4) is 0 Å². The minimum Gasteiger partial charge on any atom is -0.395 e. The van der Waals surface area contributed by atoms with Crippen molar-refractivity contribution in [1.82, 2.24) is 14.9 Å². The second kappa shape index (κ2) is 10.2. The van der Waals surface area contributed by atoms with Crippen molar-refractivity contribution in [2.45, 2.75) is 19.3 Å². The first kappa shape index (κ1) is 24.9. The summed E-state index contributed by atoms with van der Waals surface area (Å²) in [5.74, 6) is -0.552. The number of aliphatic hydroxyl groups excluding tert-OH is 1. The molecule has 2 heterocycles. The normalized spacial score (nSPS) is 11.5. The zero-order valence-electron chi connectivity index (χ0n) is 18.6. The highest BCUT2D eigenvalue weighted by Gasteiger charge is 2.33. The molecule has 2 aromatic carbocycles. The van der Waals surface area contributed by atoms with Gasteiger partial charge in [0.2, 0.25) is 0 Å². The van der Waals surface area contributed by atoms with Crippen LogP contribution in [0.4, 0.5) is 28.0 Å². The average Bonchev–Trinajstić information content (AvgIpc) is 2.84. The molecule has 0 spiro atoms. The fraction of sp³-hybridized carbons (Fsp3) is 0.160. The molecule has 0 aliphatic carbocycles. The van der Waals surface area contributed by atoms with Crippen LogP contribution >= 0.6 is 0 Å². The quantitative estimate of drug-likeness (QED) is 0.339. The number of carbonyl (C=O) groups excluding carboxylic acids is 1. The van der Waals surface area contributed by atoms with Crippen molar-refractivity contribution in [1.29, 1.82) is 0 Å². The topological polar surface area (TPSA) is 96.3 Å². The van der Waals surface area contributed by atoms with Crippen molar-refractivity contribution in [2.24, 2.45) is 0 Å². The number of hydrogen-bond acceptors (Lipinski definition) is 4. The average molecular weight is 500 g/mol. The first-order chi connectivity index (χ1) is 17.2. The van der Waals surface area contributed by atoms with E-state index in [1.807, 2.05) is 0 Å². The van der Waals surface area contributed by atoms with Gasteiger partial charge in [0, 0.05) is 30.1 Å². The fourth-order valence-corrected chi connectivity index (χ4v) is 3.75. The Balaban J connectivity index is 1.58. The van der Waals surface area contributed by atoms with Gasteiger partial charge in [0.05, 0.1) is 23.5 Å². The Kier molecular flexibility index (Phi) is 7.02. The lowest BCUT2D eigenvalue weighted by molar-refractivity contribution is -0.141. The zero-order valence-corrected chi connectivity index (χ0v) is 18.6. The third kappa shape index (κ3) is 5.36. The fourth-order valence-electron chi connectivity index (χ4n) is 3.75. The lowest BCUT2D eigenvalue weighted by Crippen LogP contribution is -2.29. The largest absolute Gasteiger partial charge is 0.433 e. The number of hydrogen-bond donors (Lipinski definition) is 3. The molecular weight excluding hydrogens is 480 g/mol. The number of alkyl halides is 3. The number of carbonyl (C=O) groups is 1. The summed E-state index contributed by atoms with van der Waals surface area (Å²) in [5, 5.41) is 15.1. The summed E-state index contributed by atoms with van der Waals surface area (Å²) >= 11 is 0. The summed E-state index contributed by atoms with van der Waals surface area (Å²) in [6, 6.07) is 14.0. The molecule has 3 N–H and O–H groups in total. The summed E-state index contributed by atoms with van der Waals surface area (Å²) in [7, 11) is 0. The molecule has 7 nitrogen and oxygen atoms in total. The van der Waals surface area contributed by atoms with Crippen molar-refractivity contribution in [3.8, 4) is 11.3 Å². The van der Waals surface area contributed by atoms with Crippen LogP contribution in [-0.2, 0) is 19.3 Å². The molecule has 0 saturated heterocycles. The minimum absolute atomic E-state index is 0.0386. The van der Waals surface area contributed by atoms with E-state index >= 15 is 0 Å². The predicted octanol–water partition coefficient (Wildman–Crippen LogP) is 4.54. The summed E-state index contributed by atoms with van der Waals surface area (Å²) in [6.07, 6.45) is -4.68. The van der Waals surface area contributed by atoms with E-state index in [-0.39, 0.29) is 36.5 Å². The monoisotopic (exact) mass is 500 g/mol. The van der Waals surface area contributed by atoms with Crippen molar-refractivity contribution in [2.75, 3.05) is 11.9 Å². The Morgan fingerprint density at radius 1 is 1.00 bits per heavy atom. The molecule has 0 radical (unpaired) electrons. The Labute approximate surface area is 202 Å². The number of rotatable bonds is 6. The molecule has 11 heteroatoms. The van der Waals surface area contributed by atoms with Crippen molar-refractivity contribution in [3.63, 3.8) is 0 Å². The molecule has 4 aromatic rings. The summed E-state index contributed by atoms with van der Waals surface area (Å²) in [5.41, 5.74) is 0.000230. The Hall–Kier alpha value is -4.25. The van der Waals surface area contributed by atoms with Gasteiger partial charge in [-0.2, -0.15) is 13.2 Å². The number of amides is 2. The summed E-state index contributed by atoms with van der Waals surface area (Å²) in [6.45, 7) is -0.322. The minimum atomic E-state index is -4.68. The lowest BCUT2D eigenvalue weighted by Gasteiger charge is -2.15. The molecule has 0 atom stereocenters. The highest BCUT2D eigenvalue weighted by Crippen LogP contribution is 2.31. The molecule has 0 saturated carbocycles. The van der Waals surface area contributed by atoms with Gasteiger partial charge in [-0.15, -0.1) is 0 Å². The van der Waals surface area contributed by atoms with Gasteiger partial charge in [0.25, 0.3) is 5.56 Å². The van der Waals surface area contributed by atoms with Crippen LogP contribution in [-0.4, -0.2) is 27.3 Å². The Morgan fingerprint density at radius 2 is 1.75 bits per heavy atom. The van der Waals surface area contributed by atoms with Gasteiger partial charge < -0.3 is 20.3 Å². The molecule has 4 rings (SSSR count). The van der Waals surface area contributed by atoms with Gasteiger partial charge in [-0.3, -0.25) is 4.79 Å². The molecular formula is C25H20F4N4O3. The maximum Gasteiger partial charge on any atom is 0.433 e. The van der Waals surface area contributed by atoms with Crippen LogP contribution in [0.5, 0.6) is 0 Å². The van der Waals surface area contributed by atoms with Crippen LogP contribution in [0.1, 0.15) is 11.3 Å². The van der Waals surface area contributed by atoms with Crippen LogP contribution in [0.15, 0.2) is 71.5 Å². The highest BCUT2D eigenvalue weighted by molar-refractivity contribution is 6.00. The van der Waals surface area contributed by atoms with Crippen molar-refractivity contribution >= 4 is 22.6 Å². The van der Waals surface area contributed by atoms with E-state index in [1.165, 1.54) is 28.8 Å². The number of halogens is 4. The zero-order chi connectivity index (χ0) is 25.9. The molecule has 2 aromatic heterocycles. The first-order valence-corrected chi connectivity index (χ1v) is 10.8. The number of benzene rings is 2. The SMILES string of the molecule is O=C(NCc1ccc(C(F)(F)F)nc1-c1ccc(F)cc1)Nc1cccc2c1ccc(=O)n2CCO. The number of pyridine rings is 2. The van der Waals surface area contributed by atoms with E-state index in [2.05, 4.69) is 15.6 Å². The maximum absolute atomic E-state index is 13.3. The number of nitrogens with zero attached hydrogens (tertiary/aromatic N) is 2. The standard InChI is InChI=1S/C25H20F4N4O3/c26-17-7-4-15(5-8-17)23-16(6-10-21(32-23)25(27,28)29)14-30-24(36)31-19-2-1-3-20-18(19)9-11-22(35)33(20)12-13-34/h1-11,34H,12-14H2,(H2,30,31,36). The van der Waals surface area contributed by atoms with Crippen LogP contribution in [0.2, 0.25) is 0 Å². The third-order valence-electron chi connectivity index (χ3n) is 5.43. The maximum atomic E-state index is 13.3. The van der Waals surface area contributed by atoms with Gasteiger partial charge in [-0.05, 0) is 54.1 Å². The van der Waals surface area contributed by atoms with Gasteiger partial charge in [0.15, 0.2) is 0 Å². The van der Waals surface area contributed by atoms with Gasteiger partial charge in [0.1, 0.15) is 11.5 Å². The number of aromatic nitrogens is 2. The Bertz CT molecular complexity index is 1470. The van der Waals surface area contributed by atoms with Gasteiger partial charge in [-0.25, -0.2) is 14.2 Å².